The molecule has 4 heteroatoms. The first-order valence-corrected chi connectivity index (χ1v) is 7.52. The molecular formula is C14H15BrFNS. The first kappa shape index (κ1) is 13.7. The number of rotatable bonds is 5. The summed E-state index contributed by atoms with van der Waals surface area (Å²) >= 11 is 5.18. The lowest BCUT2D eigenvalue weighted by Crippen LogP contribution is -2.19. The molecular weight excluding hydrogens is 313 g/mol. The van der Waals surface area contributed by atoms with Gasteiger partial charge < -0.3 is 5.73 Å². The van der Waals surface area contributed by atoms with Gasteiger partial charge in [-0.2, -0.15) is 0 Å². The summed E-state index contributed by atoms with van der Waals surface area (Å²) in [6.07, 6.45) is 1.77. The minimum atomic E-state index is -0.179. The van der Waals surface area contributed by atoms with Gasteiger partial charge in [0.2, 0.25) is 0 Å². The van der Waals surface area contributed by atoms with Gasteiger partial charge in [0, 0.05) is 14.7 Å². The third-order valence-corrected chi connectivity index (χ3v) is 4.58. The van der Waals surface area contributed by atoms with E-state index in [0.29, 0.717) is 12.5 Å². The number of thiophene rings is 1. The van der Waals surface area contributed by atoms with Crippen molar-refractivity contribution in [2.45, 2.75) is 12.8 Å². The van der Waals surface area contributed by atoms with Crippen molar-refractivity contribution in [3.05, 3.63) is 56.4 Å². The van der Waals surface area contributed by atoms with Crippen LogP contribution in [0.5, 0.6) is 0 Å². The standard InChI is InChI=1S/C14H15BrFNS/c15-12-7-14(18-9-12)6-11(8-17)4-10-2-1-3-13(16)5-10/h1-3,5,7,9,11H,4,6,8,17H2. The first-order valence-electron chi connectivity index (χ1n) is 5.85. The Morgan fingerprint density at radius 2 is 2.11 bits per heavy atom. The maximum atomic E-state index is 13.1. The number of nitrogens with two attached hydrogens (primary N) is 1. The third-order valence-electron chi connectivity index (χ3n) is 2.86. The molecule has 0 aliphatic rings. The fraction of sp³-hybridized carbons (Fsp3) is 0.286. The molecule has 1 atom stereocenters. The third kappa shape index (κ3) is 3.90. The molecule has 0 bridgehead atoms. The second-order valence-corrected chi connectivity index (χ2v) is 6.28. The largest absolute Gasteiger partial charge is 0.330 e. The highest BCUT2D eigenvalue weighted by Crippen LogP contribution is 2.23. The van der Waals surface area contributed by atoms with Gasteiger partial charge in [-0.3, -0.25) is 0 Å². The summed E-state index contributed by atoms with van der Waals surface area (Å²) in [6, 6.07) is 8.89. The Bertz CT molecular complexity index is 512. The molecule has 1 aromatic heterocycles. The summed E-state index contributed by atoms with van der Waals surface area (Å²) in [5.74, 6) is 0.180. The molecule has 0 saturated heterocycles. The lowest BCUT2D eigenvalue weighted by Gasteiger charge is -2.13. The van der Waals surface area contributed by atoms with E-state index in [9.17, 15) is 4.39 Å². The number of halogens is 2. The van der Waals surface area contributed by atoms with Crippen LogP contribution in [0, 0.1) is 11.7 Å². The van der Waals surface area contributed by atoms with Crippen LogP contribution in [-0.2, 0) is 12.8 Å². The van der Waals surface area contributed by atoms with E-state index in [4.69, 9.17) is 5.73 Å². The Hall–Kier alpha value is -0.710. The molecule has 0 fully saturated rings. The molecule has 0 saturated carbocycles. The van der Waals surface area contributed by atoms with Crippen molar-refractivity contribution in [1.29, 1.82) is 0 Å². The highest BCUT2D eigenvalue weighted by molar-refractivity contribution is 9.10. The van der Waals surface area contributed by atoms with E-state index in [1.165, 1.54) is 10.9 Å². The van der Waals surface area contributed by atoms with Crippen molar-refractivity contribution >= 4 is 27.3 Å². The van der Waals surface area contributed by atoms with E-state index in [2.05, 4.69) is 27.4 Å². The van der Waals surface area contributed by atoms with Gasteiger partial charge in [-0.25, -0.2) is 4.39 Å². The van der Waals surface area contributed by atoms with Crippen LogP contribution in [-0.4, -0.2) is 6.54 Å². The van der Waals surface area contributed by atoms with Gasteiger partial charge in [0.15, 0.2) is 0 Å². The smallest absolute Gasteiger partial charge is 0.123 e. The fourth-order valence-corrected chi connectivity index (χ4v) is 3.55. The average molecular weight is 328 g/mol. The average Bonchev–Trinajstić information content (AvgIpc) is 2.74. The second-order valence-electron chi connectivity index (χ2n) is 4.37. The van der Waals surface area contributed by atoms with Gasteiger partial charge in [0.25, 0.3) is 0 Å². The molecule has 1 heterocycles. The van der Waals surface area contributed by atoms with E-state index >= 15 is 0 Å². The summed E-state index contributed by atoms with van der Waals surface area (Å²) in [5, 5.41) is 2.07. The van der Waals surface area contributed by atoms with E-state index < -0.39 is 0 Å². The monoisotopic (exact) mass is 327 g/mol. The van der Waals surface area contributed by atoms with Gasteiger partial charge >= 0.3 is 0 Å². The van der Waals surface area contributed by atoms with Gasteiger partial charge in [-0.15, -0.1) is 11.3 Å². The summed E-state index contributed by atoms with van der Waals surface area (Å²) in [7, 11) is 0. The SMILES string of the molecule is NCC(Cc1cccc(F)c1)Cc1cc(Br)cs1. The molecule has 1 unspecified atom stereocenters. The summed E-state index contributed by atoms with van der Waals surface area (Å²) in [4.78, 5) is 1.31. The van der Waals surface area contributed by atoms with Crippen LogP contribution < -0.4 is 5.73 Å². The minimum Gasteiger partial charge on any atom is -0.330 e. The predicted molar refractivity (Wildman–Crippen MR) is 78.4 cm³/mol. The van der Waals surface area contributed by atoms with E-state index in [0.717, 1.165) is 22.9 Å². The normalized spacial score (nSPS) is 12.6. The van der Waals surface area contributed by atoms with Crippen LogP contribution in [0.1, 0.15) is 10.4 Å². The molecule has 1 nitrogen and oxygen atoms in total. The molecule has 0 spiro atoms. The van der Waals surface area contributed by atoms with Crippen molar-refractivity contribution in [2.24, 2.45) is 11.7 Å². The zero-order chi connectivity index (χ0) is 13.0. The van der Waals surface area contributed by atoms with E-state index in [1.807, 2.05) is 6.07 Å². The van der Waals surface area contributed by atoms with Crippen LogP contribution in [0.25, 0.3) is 0 Å². The lowest BCUT2D eigenvalue weighted by molar-refractivity contribution is 0.534. The van der Waals surface area contributed by atoms with Gasteiger partial charge in [-0.1, -0.05) is 12.1 Å². The predicted octanol–water partition coefficient (Wildman–Crippen LogP) is 4.01. The molecule has 0 aliphatic carbocycles. The molecule has 0 amide bonds. The molecule has 2 aromatic rings. The van der Waals surface area contributed by atoms with Crippen molar-refractivity contribution in [2.75, 3.05) is 6.54 Å². The van der Waals surface area contributed by atoms with Gasteiger partial charge in [-0.05, 0) is 65.0 Å². The number of hydrogen-bond donors (Lipinski definition) is 1. The first-order chi connectivity index (χ1) is 8.67. The Kier molecular flexibility index (Phi) is 4.92. The zero-order valence-electron chi connectivity index (χ0n) is 9.90. The summed E-state index contributed by atoms with van der Waals surface area (Å²) in [5.41, 5.74) is 6.83. The zero-order valence-corrected chi connectivity index (χ0v) is 12.3. The van der Waals surface area contributed by atoms with Crippen LogP contribution in [0.4, 0.5) is 4.39 Å². The lowest BCUT2D eigenvalue weighted by atomic mass is 9.95. The molecule has 2 rings (SSSR count). The molecule has 96 valence electrons. The molecule has 1 aromatic carbocycles. The Morgan fingerprint density at radius 3 is 2.72 bits per heavy atom. The van der Waals surface area contributed by atoms with Crippen LogP contribution in [0.2, 0.25) is 0 Å². The van der Waals surface area contributed by atoms with Gasteiger partial charge in [0.05, 0.1) is 0 Å². The second kappa shape index (κ2) is 6.45. The summed E-state index contributed by atoms with van der Waals surface area (Å²) < 4.78 is 14.2. The van der Waals surface area contributed by atoms with Crippen LogP contribution in [0.15, 0.2) is 40.2 Å². The topological polar surface area (TPSA) is 26.0 Å². The van der Waals surface area contributed by atoms with E-state index in [-0.39, 0.29) is 5.82 Å². The maximum absolute atomic E-state index is 13.1. The van der Waals surface area contributed by atoms with E-state index in [1.54, 1.807) is 23.5 Å². The Morgan fingerprint density at radius 1 is 1.28 bits per heavy atom. The molecule has 0 radical (unpaired) electrons. The Labute approximate surface area is 119 Å². The quantitative estimate of drug-likeness (QED) is 0.882. The van der Waals surface area contributed by atoms with Crippen molar-refractivity contribution < 1.29 is 4.39 Å². The number of hydrogen-bond acceptors (Lipinski definition) is 2. The van der Waals surface area contributed by atoms with Gasteiger partial charge in [0.1, 0.15) is 5.82 Å². The molecule has 0 aliphatic heterocycles. The maximum Gasteiger partial charge on any atom is 0.123 e. The molecule has 18 heavy (non-hydrogen) atoms. The minimum absolute atomic E-state index is 0.179. The van der Waals surface area contributed by atoms with Crippen molar-refractivity contribution in [1.82, 2.24) is 0 Å². The fourth-order valence-electron chi connectivity index (χ4n) is 1.98. The highest BCUT2D eigenvalue weighted by atomic mass is 79.9. The van der Waals surface area contributed by atoms with Crippen molar-refractivity contribution in [3.8, 4) is 0 Å². The summed E-state index contributed by atoms with van der Waals surface area (Å²) in [6.45, 7) is 0.617. The number of benzene rings is 1. The highest BCUT2D eigenvalue weighted by Gasteiger charge is 2.11. The Balaban J connectivity index is 2.01. The molecule has 2 N–H and O–H groups in total. The van der Waals surface area contributed by atoms with Crippen molar-refractivity contribution in [3.63, 3.8) is 0 Å². The van der Waals surface area contributed by atoms with Crippen LogP contribution >= 0.6 is 27.3 Å². The van der Waals surface area contributed by atoms with Crippen LogP contribution in [0.3, 0.4) is 0 Å².